The van der Waals surface area contributed by atoms with Crippen molar-refractivity contribution in [2.75, 3.05) is 26.4 Å². The van der Waals surface area contributed by atoms with Gasteiger partial charge in [-0.15, -0.1) is 0 Å². The van der Waals surface area contributed by atoms with Crippen LogP contribution in [0.5, 0.6) is 0 Å². The van der Waals surface area contributed by atoms with E-state index in [9.17, 15) is 33.1 Å². The smallest absolute Gasteiger partial charge is 0.397 e. The van der Waals surface area contributed by atoms with Gasteiger partial charge in [0.1, 0.15) is 30.5 Å². The molecule has 1 rings (SSSR count). The molecule has 1 aliphatic heterocycles. The van der Waals surface area contributed by atoms with Gasteiger partial charge in [0.2, 0.25) is 0 Å². The minimum atomic E-state index is -5.06. The van der Waals surface area contributed by atoms with Gasteiger partial charge in [0.05, 0.1) is 19.8 Å². The number of unbranched alkanes of at least 4 members (excludes halogenated alkanes) is 31. The van der Waals surface area contributed by atoms with Crippen LogP contribution in [0, 0.1) is 0 Å². The molecule has 0 aromatic heterocycles. The van der Waals surface area contributed by atoms with E-state index in [2.05, 4.69) is 18.0 Å². The average Bonchev–Trinajstić information content (AvgIpc) is 3.22. The SMILES string of the molecule is CCCCCCCCCCCCCCCCCCCOCC(COC1OC(CO)C(O)C(OS(=O)(=O)O)C1O)OC(=O)CCCCCCCCCCCCCCCCCC. The lowest BCUT2D eigenvalue weighted by atomic mass is 9.99. The van der Waals surface area contributed by atoms with E-state index in [0.717, 1.165) is 38.5 Å². The molecule has 1 fully saturated rings. The molecule has 13 heteroatoms. The Balaban J connectivity index is 2.37. The summed E-state index contributed by atoms with van der Waals surface area (Å²) in [5.41, 5.74) is 0. The van der Waals surface area contributed by atoms with Crippen LogP contribution in [0.25, 0.3) is 0 Å². The first-order valence-corrected chi connectivity index (χ1v) is 26.2. The zero-order valence-electron chi connectivity index (χ0n) is 38.3. The molecule has 0 aliphatic carbocycles. The maximum atomic E-state index is 12.9. The van der Waals surface area contributed by atoms with Crippen molar-refractivity contribution in [2.45, 2.75) is 269 Å². The number of carbonyl (C=O) groups excluding carboxylic acids is 1. The van der Waals surface area contributed by atoms with Crippen molar-refractivity contribution in [2.24, 2.45) is 0 Å². The number of carbonyl (C=O) groups is 1. The van der Waals surface area contributed by atoms with Gasteiger partial charge in [-0.3, -0.25) is 9.35 Å². The summed E-state index contributed by atoms with van der Waals surface area (Å²) in [5.74, 6) is -0.392. The molecule has 0 aromatic rings. The Hall–Kier alpha value is -0.900. The van der Waals surface area contributed by atoms with Crippen molar-refractivity contribution in [3.8, 4) is 0 Å². The number of hydrogen-bond acceptors (Lipinski definition) is 11. The first-order valence-electron chi connectivity index (χ1n) is 24.8. The quantitative estimate of drug-likeness (QED) is 0.0259. The van der Waals surface area contributed by atoms with E-state index in [4.69, 9.17) is 18.9 Å². The van der Waals surface area contributed by atoms with Crippen LogP contribution in [0.1, 0.15) is 232 Å². The molecule has 0 amide bonds. The van der Waals surface area contributed by atoms with Gasteiger partial charge in [0.25, 0.3) is 0 Å². The van der Waals surface area contributed by atoms with Gasteiger partial charge in [0.15, 0.2) is 6.29 Å². The largest absolute Gasteiger partial charge is 0.457 e. The number of hydrogen-bond donors (Lipinski definition) is 4. The lowest BCUT2D eigenvalue weighted by Crippen LogP contribution is -2.60. The number of ether oxygens (including phenoxy) is 4. The van der Waals surface area contributed by atoms with Gasteiger partial charge < -0.3 is 34.3 Å². The highest BCUT2D eigenvalue weighted by atomic mass is 32.3. The minimum absolute atomic E-state index is 0.0450. The highest BCUT2D eigenvalue weighted by Gasteiger charge is 2.48. The lowest BCUT2D eigenvalue weighted by molar-refractivity contribution is -0.301. The summed E-state index contributed by atoms with van der Waals surface area (Å²) >= 11 is 0. The third kappa shape index (κ3) is 32.7. The van der Waals surface area contributed by atoms with Crippen LogP contribution < -0.4 is 0 Å². The topological polar surface area (TPSA) is 178 Å². The average molecular weight is 881 g/mol. The van der Waals surface area contributed by atoms with Crippen molar-refractivity contribution in [3.63, 3.8) is 0 Å². The standard InChI is InChI=1S/C47H92O12S/c1-3-5-7-9-11-13-15-17-19-21-23-25-27-29-31-33-35-37-55-39-41(40-56-47-45(51)46(59-60(52,53)54)44(50)42(38-48)58-47)57-43(49)36-34-32-30-28-26-24-22-20-18-16-14-12-10-8-6-4-2/h41-42,44-48,50-51H,3-40H2,1-2H3,(H,52,53,54). The lowest BCUT2D eigenvalue weighted by Gasteiger charge is -2.41. The van der Waals surface area contributed by atoms with Crippen LogP contribution in [0.3, 0.4) is 0 Å². The van der Waals surface area contributed by atoms with Gasteiger partial charge in [-0.05, 0) is 12.8 Å². The van der Waals surface area contributed by atoms with E-state index in [1.54, 1.807) is 0 Å². The number of rotatable bonds is 44. The highest BCUT2D eigenvalue weighted by Crippen LogP contribution is 2.26. The second-order valence-electron chi connectivity index (χ2n) is 17.4. The molecule has 60 heavy (non-hydrogen) atoms. The van der Waals surface area contributed by atoms with Crippen molar-refractivity contribution < 1.29 is 56.2 Å². The molecule has 0 aromatic carbocycles. The number of aliphatic hydroxyl groups excluding tert-OH is 3. The number of aliphatic hydroxyl groups is 3. The van der Waals surface area contributed by atoms with E-state index in [1.165, 1.54) is 167 Å². The molecule has 0 radical (unpaired) electrons. The molecule has 0 bridgehead atoms. The molecule has 0 saturated carbocycles. The fourth-order valence-corrected chi connectivity index (χ4v) is 8.48. The molecule has 12 nitrogen and oxygen atoms in total. The van der Waals surface area contributed by atoms with Crippen molar-refractivity contribution in [1.29, 1.82) is 0 Å². The maximum absolute atomic E-state index is 12.9. The van der Waals surface area contributed by atoms with Gasteiger partial charge in [-0.1, -0.05) is 213 Å². The summed E-state index contributed by atoms with van der Waals surface area (Å²) in [6.07, 6.45) is 32.7. The van der Waals surface area contributed by atoms with E-state index in [1.807, 2.05) is 0 Å². The fourth-order valence-electron chi connectivity index (χ4n) is 7.97. The zero-order chi connectivity index (χ0) is 43.9. The molecule has 6 atom stereocenters. The fraction of sp³-hybridized carbons (Fsp3) is 0.979. The van der Waals surface area contributed by atoms with Gasteiger partial charge in [-0.25, -0.2) is 4.18 Å². The molecule has 0 spiro atoms. The Labute approximate surface area is 366 Å². The van der Waals surface area contributed by atoms with E-state index >= 15 is 0 Å². The molecule has 1 saturated heterocycles. The molecular weight excluding hydrogens is 789 g/mol. The van der Waals surface area contributed by atoms with Gasteiger partial charge in [0, 0.05) is 13.0 Å². The molecule has 1 aliphatic rings. The van der Waals surface area contributed by atoms with Crippen LogP contribution in [-0.2, 0) is 38.3 Å². The van der Waals surface area contributed by atoms with Gasteiger partial charge in [-0.2, -0.15) is 8.42 Å². The summed E-state index contributed by atoms with van der Waals surface area (Å²) < 4.78 is 59.2. The van der Waals surface area contributed by atoms with E-state index in [0.29, 0.717) is 13.0 Å². The zero-order valence-corrected chi connectivity index (χ0v) is 39.1. The predicted octanol–water partition coefficient (Wildman–Crippen LogP) is 10.9. The number of esters is 1. The first-order chi connectivity index (χ1) is 29.1. The van der Waals surface area contributed by atoms with Crippen LogP contribution >= 0.6 is 0 Å². The van der Waals surface area contributed by atoms with Crippen LogP contribution in [0.2, 0.25) is 0 Å². The van der Waals surface area contributed by atoms with Crippen LogP contribution in [-0.4, -0.2) is 97.5 Å². The molecule has 6 unspecified atom stereocenters. The second kappa shape index (κ2) is 39.7. The third-order valence-electron chi connectivity index (χ3n) is 11.7. The third-order valence-corrected chi connectivity index (χ3v) is 12.2. The van der Waals surface area contributed by atoms with Crippen molar-refractivity contribution in [1.82, 2.24) is 0 Å². The summed E-state index contributed by atoms with van der Waals surface area (Å²) in [6, 6.07) is 0. The minimum Gasteiger partial charge on any atom is -0.457 e. The molecule has 358 valence electrons. The molecule has 1 heterocycles. The van der Waals surface area contributed by atoms with Gasteiger partial charge >= 0.3 is 16.4 Å². The Bertz CT molecular complexity index is 1060. The predicted molar refractivity (Wildman–Crippen MR) is 239 cm³/mol. The highest BCUT2D eigenvalue weighted by molar-refractivity contribution is 7.80. The van der Waals surface area contributed by atoms with Crippen LogP contribution in [0.4, 0.5) is 0 Å². The Morgan fingerprint density at radius 3 is 1.33 bits per heavy atom. The van der Waals surface area contributed by atoms with E-state index < -0.39 is 59.8 Å². The summed E-state index contributed by atoms with van der Waals surface area (Å²) in [7, 11) is -5.06. The first kappa shape index (κ1) is 57.1. The second-order valence-corrected chi connectivity index (χ2v) is 18.5. The van der Waals surface area contributed by atoms with Crippen molar-refractivity contribution in [3.05, 3.63) is 0 Å². The normalized spacial score (nSPS) is 20.1. The summed E-state index contributed by atoms with van der Waals surface area (Å²) in [5, 5.41) is 30.7. The Morgan fingerprint density at radius 2 is 0.950 bits per heavy atom. The molecular formula is C47H92O12S. The Kier molecular flexibility index (Phi) is 37.8. The summed E-state index contributed by atoms with van der Waals surface area (Å²) in [6.45, 7) is 4.05. The monoisotopic (exact) mass is 881 g/mol. The maximum Gasteiger partial charge on any atom is 0.397 e. The van der Waals surface area contributed by atoms with Crippen molar-refractivity contribution >= 4 is 16.4 Å². The Morgan fingerprint density at radius 1 is 0.567 bits per heavy atom. The van der Waals surface area contributed by atoms with Crippen LogP contribution in [0.15, 0.2) is 0 Å². The molecule has 4 N–H and O–H groups in total. The summed E-state index contributed by atoms with van der Waals surface area (Å²) in [4.78, 5) is 12.9. The van der Waals surface area contributed by atoms with E-state index in [-0.39, 0.29) is 19.6 Å².